The standard InChI is InChI=1S/C14H18F3N3O/c1-10-6-11(13(21)19-9-14(15,16)17)8-12(7-10)20-4-2-18-3-5-20/h6-8,18H,2-5,9H2,1H3,(H,19,21). The van der Waals surface area contributed by atoms with Crippen LogP contribution in [0.3, 0.4) is 0 Å². The highest BCUT2D eigenvalue weighted by atomic mass is 19.4. The number of hydrogen-bond donors (Lipinski definition) is 2. The Morgan fingerprint density at radius 2 is 1.95 bits per heavy atom. The van der Waals surface area contributed by atoms with Crippen LogP contribution >= 0.6 is 0 Å². The van der Waals surface area contributed by atoms with Crippen LogP contribution in [0.2, 0.25) is 0 Å². The van der Waals surface area contributed by atoms with Crippen molar-refractivity contribution < 1.29 is 18.0 Å². The summed E-state index contributed by atoms with van der Waals surface area (Å²) in [7, 11) is 0. The first-order chi connectivity index (χ1) is 9.85. The van der Waals surface area contributed by atoms with Gasteiger partial charge in [0.25, 0.3) is 5.91 Å². The van der Waals surface area contributed by atoms with E-state index in [0.29, 0.717) is 0 Å². The first-order valence-electron chi connectivity index (χ1n) is 6.77. The number of anilines is 1. The van der Waals surface area contributed by atoms with Gasteiger partial charge < -0.3 is 15.5 Å². The van der Waals surface area contributed by atoms with Crippen molar-refractivity contribution in [2.24, 2.45) is 0 Å². The van der Waals surface area contributed by atoms with Crippen molar-refractivity contribution in [2.45, 2.75) is 13.1 Å². The summed E-state index contributed by atoms with van der Waals surface area (Å²) in [6.07, 6.45) is -4.40. The van der Waals surface area contributed by atoms with Crippen LogP contribution in [-0.4, -0.2) is 44.8 Å². The Morgan fingerprint density at radius 1 is 1.29 bits per heavy atom. The van der Waals surface area contributed by atoms with Gasteiger partial charge in [-0.1, -0.05) is 0 Å². The van der Waals surface area contributed by atoms with E-state index in [2.05, 4.69) is 10.2 Å². The number of nitrogens with zero attached hydrogens (tertiary/aromatic N) is 1. The van der Waals surface area contributed by atoms with Crippen LogP contribution < -0.4 is 15.5 Å². The molecular formula is C14H18F3N3O. The number of benzene rings is 1. The molecule has 1 heterocycles. The van der Waals surface area contributed by atoms with Gasteiger partial charge in [0.05, 0.1) is 0 Å². The quantitative estimate of drug-likeness (QED) is 0.893. The van der Waals surface area contributed by atoms with Crippen molar-refractivity contribution in [3.8, 4) is 0 Å². The third kappa shape index (κ3) is 4.63. The van der Waals surface area contributed by atoms with Gasteiger partial charge in [-0.2, -0.15) is 13.2 Å². The molecule has 0 atom stereocenters. The van der Waals surface area contributed by atoms with Crippen molar-refractivity contribution in [2.75, 3.05) is 37.6 Å². The first-order valence-corrected chi connectivity index (χ1v) is 6.77. The van der Waals surface area contributed by atoms with Gasteiger partial charge in [-0.25, -0.2) is 0 Å². The van der Waals surface area contributed by atoms with Crippen LogP contribution in [0.1, 0.15) is 15.9 Å². The fraction of sp³-hybridized carbons (Fsp3) is 0.500. The summed E-state index contributed by atoms with van der Waals surface area (Å²) in [5.74, 6) is -0.701. The zero-order valence-corrected chi connectivity index (χ0v) is 11.8. The van der Waals surface area contributed by atoms with Crippen LogP contribution in [0.5, 0.6) is 0 Å². The number of carbonyl (C=O) groups is 1. The number of halogens is 3. The minimum Gasteiger partial charge on any atom is -0.369 e. The molecule has 0 aliphatic carbocycles. The number of piperazine rings is 1. The number of rotatable bonds is 3. The van der Waals surface area contributed by atoms with Crippen molar-refractivity contribution in [3.63, 3.8) is 0 Å². The summed E-state index contributed by atoms with van der Waals surface area (Å²) < 4.78 is 36.5. The van der Waals surface area contributed by atoms with E-state index in [-0.39, 0.29) is 5.56 Å². The number of carbonyl (C=O) groups excluding carboxylic acids is 1. The molecule has 0 radical (unpaired) electrons. The molecule has 116 valence electrons. The predicted molar refractivity (Wildman–Crippen MR) is 74.6 cm³/mol. The lowest BCUT2D eigenvalue weighted by Gasteiger charge is -2.30. The number of amides is 1. The molecule has 2 rings (SSSR count). The van der Waals surface area contributed by atoms with E-state index in [1.54, 1.807) is 12.1 Å². The van der Waals surface area contributed by atoms with Gasteiger partial charge in [-0.15, -0.1) is 0 Å². The van der Waals surface area contributed by atoms with E-state index in [1.807, 2.05) is 18.3 Å². The Hall–Kier alpha value is -1.76. The molecule has 1 aromatic carbocycles. The molecule has 0 spiro atoms. The van der Waals surface area contributed by atoms with Gasteiger partial charge in [-0.05, 0) is 30.7 Å². The monoisotopic (exact) mass is 301 g/mol. The van der Waals surface area contributed by atoms with Crippen molar-refractivity contribution in [3.05, 3.63) is 29.3 Å². The third-order valence-corrected chi connectivity index (χ3v) is 3.26. The summed E-state index contributed by atoms with van der Waals surface area (Å²) in [6, 6.07) is 5.17. The van der Waals surface area contributed by atoms with Gasteiger partial charge >= 0.3 is 6.18 Å². The summed E-state index contributed by atoms with van der Waals surface area (Å²) in [4.78, 5) is 14.0. The maximum absolute atomic E-state index is 12.2. The molecule has 0 aromatic heterocycles. The first kappa shape index (κ1) is 15.6. The molecule has 0 bridgehead atoms. The Labute approximate surface area is 121 Å². The highest BCUT2D eigenvalue weighted by Crippen LogP contribution is 2.20. The summed E-state index contributed by atoms with van der Waals surface area (Å²) in [6.45, 7) is 3.84. The fourth-order valence-corrected chi connectivity index (χ4v) is 2.28. The lowest BCUT2D eigenvalue weighted by atomic mass is 10.1. The van der Waals surface area contributed by atoms with Crippen LogP contribution in [0.15, 0.2) is 18.2 Å². The topological polar surface area (TPSA) is 44.4 Å². The molecule has 1 fully saturated rings. The van der Waals surface area contributed by atoms with Gasteiger partial charge in [0.2, 0.25) is 0 Å². The molecule has 1 saturated heterocycles. The molecule has 7 heteroatoms. The van der Waals surface area contributed by atoms with Gasteiger partial charge in [0, 0.05) is 37.4 Å². The number of nitrogens with one attached hydrogen (secondary N) is 2. The molecular weight excluding hydrogens is 283 g/mol. The molecule has 1 aromatic rings. The Balaban J connectivity index is 2.12. The maximum atomic E-state index is 12.2. The summed E-state index contributed by atoms with van der Waals surface area (Å²) in [5, 5.41) is 5.13. The Bertz CT molecular complexity index is 511. The van der Waals surface area contributed by atoms with E-state index in [9.17, 15) is 18.0 Å². The van der Waals surface area contributed by atoms with Crippen LogP contribution in [0.4, 0.5) is 18.9 Å². The van der Waals surface area contributed by atoms with Crippen LogP contribution in [0, 0.1) is 6.92 Å². The zero-order valence-electron chi connectivity index (χ0n) is 11.8. The normalized spacial score (nSPS) is 15.9. The second-order valence-corrected chi connectivity index (χ2v) is 5.09. The van der Waals surface area contributed by atoms with E-state index in [1.165, 1.54) is 0 Å². The van der Waals surface area contributed by atoms with Crippen molar-refractivity contribution in [1.29, 1.82) is 0 Å². The molecule has 21 heavy (non-hydrogen) atoms. The molecule has 0 saturated carbocycles. The van der Waals surface area contributed by atoms with Gasteiger partial charge in [0.1, 0.15) is 6.54 Å². The number of aryl methyl sites for hydroxylation is 1. The minimum atomic E-state index is -4.40. The van der Waals surface area contributed by atoms with Gasteiger partial charge in [-0.3, -0.25) is 4.79 Å². The largest absolute Gasteiger partial charge is 0.405 e. The fourth-order valence-electron chi connectivity index (χ4n) is 2.28. The SMILES string of the molecule is Cc1cc(C(=O)NCC(F)(F)F)cc(N2CCNCC2)c1. The lowest BCUT2D eigenvalue weighted by molar-refractivity contribution is -0.123. The van der Waals surface area contributed by atoms with Crippen LogP contribution in [0.25, 0.3) is 0 Å². The number of hydrogen-bond acceptors (Lipinski definition) is 3. The highest BCUT2D eigenvalue weighted by molar-refractivity contribution is 5.95. The molecule has 1 aliphatic rings. The minimum absolute atomic E-state index is 0.257. The van der Waals surface area contributed by atoms with E-state index in [4.69, 9.17) is 0 Å². The molecule has 0 unspecified atom stereocenters. The maximum Gasteiger partial charge on any atom is 0.405 e. The Kier molecular flexibility index (Phi) is 4.72. The molecule has 1 amide bonds. The third-order valence-electron chi connectivity index (χ3n) is 3.26. The number of alkyl halides is 3. The van der Waals surface area contributed by atoms with E-state index in [0.717, 1.165) is 37.4 Å². The van der Waals surface area contributed by atoms with Gasteiger partial charge in [0.15, 0.2) is 0 Å². The second-order valence-electron chi connectivity index (χ2n) is 5.09. The zero-order chi connectivity index (χ0) is 15.5. The van der Waals surface area contributed by atoms with E-state index >= 15 is 0 Å². The lowest BCUT2D eigenvalue weighted by Crippen LogP contribution is -2.43. The van der Waals surface area contributed by atoms with Crippen molar-refractivity contribution >= 4 is 11.6 Å². The average molecular weight is 301 g/mol. The predicted octanol–water partition coefficient (Wildman–Crippen LogP) is 1.70. The van der Waals surface area contributed by atoms with Crippen molar-refractivity contribution in [1.82, 2.24) is 10.6 Å². The molecule has 4 nitrogen and oxygen atoms in total. The Morgan fingerprint density at radius 3 is 2.57 bits per heavy atom. The summed E-state index contributed by atoms with van der Waals surface area (Å²) >= 11 is 0. The van der Waals surface area contributed by atoms with Crippen LogP contribution in [-0.2, 0) is 0 Å². The highest BCUT2D eigenvalue weighted by Gasteiger charge is 2.28. The average Bonchev–Trinajstić information content (AvgIpc) is 2.44. The second kappa shape index (κ2) is 6.34. The summed E-state index contributed by atoms with van der Waals surface area (Å²) in [5.41, 5.74) is 1.98. The molecule has 2 N–H and O–H groups in total. The molecule has 1 aliphatic heterocycles. The smallest absolute Gasteiger partial charge is 0.369 e. The van der Waals surface area contributed by atoms with E-state index < -0.39 is 18.6 Å².